The first-order chi connectivity index (χ1) is 21.7. The van der Waals surface area contributed by atoms with E-state index in [4.69, 9.17) is 10.7 Å². The molecule has 3 aliphatic rings. The van der Waals surface area contributed by atoms with Crippen LogP contribution in [0.5, 0.6) is 0 Å². The predicted molar refractivity (Wildman–Crippen MR) is 179 cm³/mol. The van der Waals surface area contributed by atoms with Gasteiger partial charge in [-0.15, -0.1) is 0 Å². The van der Waals surface area contributed by atoms with E-state index in [-0.39, 0.29) is 35.4 Å². The summed E-state index contributed by atoms with van der Waals surface area (Å²) in [4.78, 5) is 24.9. The van der Waals surface area contributed by atoms with Crippen LogP contribution in [0.1, 0.15) is 70.3 Å². The summed E-state index contributed by atoms with van der Waals surface area (Å²) in [6.07, 6.45) is 7.08. The molecule has 0 saturated carbocycles. The lowest BCUT2D eigenvalue weighted by molar-refractivity contribution is -0.126. The molecule has 3 N–H and O–H groups in total. The van der Waals surface area contributed by atoms with Crippen molar-refractivity contribution >= 4 is 5.91 Å². The molecule has 0 radical (unpaired) electrons. The fraction of sp³-hybridized carbons (Fsp3) is 0.568. The molecule has 45 heavy (non-hydrogen) atoms. The van der Waals surface area contributed by atoms with Crippen LogP contribution in [-0.2, 0) is 11.3 Å². The third-order valence-electron chi connectivity index (χ3n) is 10.3. The number of aliphatic hydroxyl groups is 1. The van der Waals surface area contributed by atoms with Gasteiger partial charge in [0.05, 0.1) is 23.9 Å². The van der Waals surface area contributed by atoms with E-state index in [0.29, 0.717) is 12.6 Å². The molecule has 4 atom stereocenters. The zero-order chi connectivity index (χ0) is 31.6. The molecule has 2 aromatic carbocycles. The monoisotopic (exact) mass is 612 g/mol. The van der Waals surface area contributed by atoms with Crippen LogP contribution < -0.4 is 5.73 Å². The number of benzene rings is 2. The number of nitrogens with zero attached hydrogens (tertiary/aromatic N) is 5. The average Bonchev–Trinajstić information content (AvgIpc) is 3.60. The minimum atomic E-state index is -0.375. The van der Waals surface area contributed by atoms with Gasteiger partial charge in [0.2, 0.25) is 5.91 Å². The highest BCUT2D eigenvalue weighted by molar-refractivity contribution is 5.80. The number of likely N-dealkylation sites (tertiary alicyclic amines) is 3. The molecule has 3 fully saturated rings. The van der Waals surface area contributed by atoms with Gasteiger partial charge in [0.15, 0.2) is 0 Å². The Balaban J connectivity index is 1.17. The molecule has 242 valence electrons. The number of aromatic nitrogens is 2. The van der Waals surface area contributed by atoms with E-state index in [1.54, 1.807) is 0 Å². The summed E-state index contributed by atoms with van der Waals surface area (Å²) in [5, 5.41) is 11.4. The molecule has 6 rings (SSSR count). The van der Waals surface area contributed by atoms with Crippen molar-refractivity contribution in [2.45, 2.75) is 83.6 Å². The number of primary amides is 1. The highest BCUT2D eigenvalue weighted by atomic mass is 16.3. The van der Waals surface area contributed by atoms with Crippen molar-refractivity contribution in [1.82, 2.24) is 24.3 Å². The number of rotatable bonds is 9. The second-order valence-corrected chi connectivity index (χ2v) is 14.7. The number of nitrogens with two attached hydrogens (primary N) is 1. The summed E-state index contributed by atoms with van der Waals surface area (Å²) in [6, 6.07) is 21.4. The first kappa shape index (κ1) is 31.9. The summed E-state index contributed by atoms with van der Waals surface area (Å²) in [6.45, 7) is 13.0. The smallest absolute Gasteiger partial charge is 0.234 e. The molecule has 1 unspecified atom stereocenters. The first-order valence-corrected chi connectivity index (χ1v) is 17.0. The molecule has 4 heterocycles. The van der Waals surface area contributed by atoms with E-state index in [1.807, 2.05) is 6.07 Å². The van der Waals surface area contributed by atoms with Crippen molar-refractivity contribution in [2.75, 3.05) is 39.3 Å². The number of hydrogen-bond donors (Lipinski definition) is 2. The zero-order valence-corrected chi connectivity index (χ0v) is 27.4. The number of aliphatic hydroxyl groups excluding tert-OH is 1. The third kappa shape index (κ3) is 7.35. The molecule has 0 bridgehead atoms. The molecule has 8 heteroatoms. The number of imidazole rings is 1. The van der Waals surface area contributed by atoms with Crippen molar-refractivity contribution in [2.24, 2.45) is 17.1 Å². The minimum Gasteiger partial charge on any atom is -0.391 e. The minimum absolute atomic E-state index is 0.0499. The Morgan fingerprint density at radius 3 is 2.31 bits per heavy atom. The van der Waals surface area contributed by atoms with Gasteiger partial charge < -0.3 is 20.3 Å². The number of hydrogen-bond acceptors (Lipinski definition) is 6. The Morgan fingerprint density at radius 1 is 0.956 bits per heavy atom. The molecule has 3 saturated heterocycles. The Hall–Kier alpha value is -3.04. The fourth-order valence-corrected chi connectivity index (χ4v) is 8.14. The maximum Gasteiger partial charge on any atom is 0.234 e. The Labute approximate surface area is 269 Å². The second-order valence-electron chi connectivity index (χ2n) is 14.7. The first-order valence-electron chi connectivity index (χ1n) is 17.0. The van der Waals surface area contributed by atoms with Crippen molar-refractivity contribution in [1.29, 1.82) is 0 Å². The Bertz CT molecular complexity index is 1400. The maximum atomic E-state index is 12.1. The van der Waals surface area contributed by atoms with Crippen LogP contribution in [0.3, 0.4) is 0 Å². The quantitative estimate of drug-likeness (QED) is 0.362. The van der Waals surface area contributed by atoms with Crippen molar-refractivity contribution < 1.29 is 9.90 Å². The Kier molecular flexibility index (Phi) is 9.76. The predicted octanol–water partition coefficient (Wildman–Crippen LogP) is 4.78. The molecule has 0 aliphatic carbocycles. The topological polar surface area (TPSA) is 90.9 Å². The fourth-order valence-electron chi connectivity index (χ4n) is 8.14. The molecule has 8 nitrogen and oxygen atoms in total. The van der Waals surface area contributed by atoms with Crippen molar-refractivity contribution in [3.8, 4) is 11.3 Å². The number of carbonyl (C=O) groups excluding carboxylic acids is 1. The molecule has 3 aliphatic heterocycles. The van der Waals surface area contributed by atoms with Crippen LogP contribution in [0.25, 0.3) is 11.3 Å². The lowest BCUT2D eigenvalue weighted by Gasteiger charge is -2.44. The van der Waals surface area contributed by atoms with Crippen molar-refractivity contribution in [3.05, 3.63) is 78.2 Å². The SMILES string of the molecule is CC(C)(C)[C@H](c1nc(-c2ccccc2)cn1Cc1ccccc1)N1C[C@H](CN2CCC(N3CCCCC3C(N)=O)CC2)[C@H](O)C1. The molecule has 3 aromatic rings. The highest BCUT2D eigenvalue weighted by Gasteiger charge is 2.43. The lowest BCUT2D eigenvalue weighted by atomic mass is 9.85. The summed E-state index contributed by atoms with van der Waals surface area (Å²) >= 11 is 0. The van der Waals surface area contributed by atoms with E-state index in [9.17, 15) is 9.90 Å². The second kappa shape index (κ2) is 13.8. The van der Waals surface area contributed by atoms with E-state index >= 15 is 0 Å². The average molecular weight is 613 g/mol. The van der Waals surface area contributed by atoms with Gasteiger partial charge in [0, 0.05) is 49.9 Å². The van der Waals surface area contributed by atoms with Crippen LogP contribution >= 0.6 is 0 Å². The number of carbonyl (C=O) groups is 1. The maximum absolute atomic E-state index is 12.1. The van der Waals surface area contributed by atoms with Crippen LogP contribution in [0.15, 0.2) is 66.9 Å². The summed E-state index contributed by atoms with van der Waals surface area (Å²) in [5.41, 5.74) is 9.04. The molecular weight excluding hydrogens is 560 g/mol. The van der Waals surface area contributed by atoms with Crippen LogP contribution in [0.4, 0.5) is 0 Å². The lowest BCUT2D eigenvalue weighted by Crippen LogP contribution is -2.55. The van der Waals surface area contributed by atoms with Gasteiger partial charge in [-0.05, 0) is 56.3 Å². The van der Waals surface area contributed by atoms with E-state index in [0.717, 1.165) is 88.5 Å². The number of amides is 1. The van der Waals surface area contributed by atoms with Gasteiger partial charge in [-0.25, -0.2) is 4.98 Å². The van der Waals surface area contributed by atoms with Gasteiger partial charge in [-0.3, -0.25) is 14.6 Å². The van der Waals surface area contributed by atoms with Gasteiger partial charge >= 0.3 is 0 Å². The summed E-state index contributed by atoms with van der Waals surface area (Å²) < 4.78 is 2.33. The van der Waals surface area contributed by atoms with Crippen LogP contribution in [0, 0.1) is 11.3 Å². The zero-order valence-electron chi connectivity index (χ0n) is 27.4. The third-order valence-corrected chi connectivity index (χ3v) is 10.3. The standard InChI is InChI=1S/C37H52N6O2/c1-37(2,3)34(36-39-31(28-14-8-5-9-15-28)25-42(36)22-27-12-6-4-7-13-27)41-24-29(33(44)26-41)23-40-20-17-30(18-21-40)43-19-11-10-16-32(43)35(38)45/h4-9,12-15,25,29-30,32-34,44H,10-11,16-24,26H2,1-3H3,(H2,38,45)/t29-,32?,33+,34-/m0/s1. The number of β-amino-alcohol motifs (C(OH)–C–C–N with tert-alkyl or cyclic N) is 1. The summed E-state index contributed by atoms with van der Waals surface area (Å²) in [5.74, 6) is 1.08. The van der Waals surface area contributed by atoms with Crippen molar-refractivity contribution in [3.63, 3.8) is 0 Å². The van der Waals surface area contributed by atoms with Gasteiger partial charge in [-0.1, -0.05) is 87.9 Å². The summed E-state index contributed by atoms with van der Waals surface area (Å²) in [7, 11) is 0. The largest absolute Gasteiger partial charge is 0.391 e. The van der Waals surface area contributed by atoms with E-state index < -0.39 is 0 Å². The van der Waals surface area contributed by atoms with E-state index in [1.165, 1.54) is 5.56 Å². The molecule has 1 aromatic heterocycles. The van der Waals surface area contributed by atoms with E-state index in [2.05, 4.69) is 101 Å². The Morgan fingerprint density at radius 2 is 1.64 bits per heavy atom. The normalized spacial score (nSPS) is 25.0. The molecule has 0 spiro atoms. The number of piperidine rings is 2. The van der Waals surface area contributed by atoms with Gasteiger partial charge in [0.1, 0.15) is 5.82 Å². The highest BCUT2D eigenvalue weighted by Crippen LogP contribution is 2.41. The van der Waals surface area contributed by atoms with Gasteiger partial charge in [0.25, 0.3) is 0 Å². The molecular formula is C37H52N6O2. The molecule has 1 amide bonds. The van der Waals surface area contributed by atoms with Crippen LogP contribution in [0.2, 0.25) is 0 Å². The van der Waals surface area contributed by atoms with Gasteiger partial charge in [-0.2, -0.15) is 0 Å². The van der Waals surface area contributed by atoms with Crippen LogP contribution in [-0.4, -0.2) is 92.7 Å².